The second-order valence-electron chi connectivity index (χ2n) is 3.59. The number of halogens is 4. The van der Waals surface area contributed by atoms with Crippen molar-refractivity contribution in [2.45, 2.75) is 23.5 Å². The van der Waals surface area contributed by atoms with Gasteiger partial charge in [-0.3, -0.25) is 0 Å². The minimum atomic E-state index is -4.26. The summed E-state index contributed by atoms with van der Waals surface area (Å²) in [6.45, 7) is 1.55. The fraction of sp³-hybridized carbons (Fsp3) is 0.400. The molecule has 3 N–H and O–H groups in total. The van der Waals surface area contributed by atoms with Gasteiger partial charge in [0.05, 0.1) is 11.4 Å². The highest BCUT2D eigenvalue weighted by Gasteiger charge is 2.27. The van der Waals surface area contributed by atoms with Crippen molar-refractivity contribution < 1.29 is 17.6 Å². The van der Waals surface area contributed by atoms with Crippen molar-refractivity contribution in [3.8, 4) is 0 Å². The number of nitrogens with two attached hydrogens (primary N) is 1. The largest absolute Gasteiger partial charge is 0.398 e. The molecule has 0 amide bonds. The molecule has 1 aromatic carbocycles. The van der Waals surface area contributed by atoms with Crippen LogP contribution >= 0.6 is 24.4 Å². The Balaban J connectivity index is 2.91. The van der Waals surface area contributed by atoms with Gasteiger partial charge in [-0.1, -0.05) is 0 Å². The molecule has 0 fully saturated rings. The molecule has 1 aromatic rings. The second-order valence-corrected chi connectivity index (χ2v) is 5.16. The highest BCUT2D eigenvalue weighted by molar-refractivity contribution is 7.99. The van der Waals surface area contributed by atoms with E-state index in [2.05, 4.69) is 17.9 Å². The lowest BCUT2D eigenvalue weighted by Crippen LogP contribution is -2.23. The lowest BCUT2D eigenvalue weighted by Gasteiger charge is -2.14. The summed E-state index contributed by atoms with van der Waals surface area (Å²) in [7, 11) is 0. The second kappa shape index (κ2) is 6.03. The van der Waals surface area contributed by atoms with E-state index in [1.54, 1.807) is 6.92 Å². The van der Waals surface area contributed by atoms with Crippen molar-refractivity contribution >= 4 is 30.1 Å². The Morgan fingerprint density at radius 1 is 1.44 bits per heavy atom. The van der Waals surface area contributed by atoms with Gasteiger partial charge in [-0.15, -0.1) is 24.4 Å². The number of benzene rings is 1. The van der Waals surface area contributed by atoms with Gasteiger partial charge in [0.25, 0.3) is 0 Å². The van der Waals surface area contributed by atoms with Gasteiger partial charge in [0.1, 0.15) is 11.3 Å². The molecular weight excluding hydrogens is 288 g/mol. The monoisotopic (exact) mass is 300 g/mol. The van der Waals surface area contributed by atoms with Gasteiger partial charge in [0, 0.05) is 4.90 Å². The predicted octanol–water partition coefficient (Wildman–Crippen LogP) is 3.37. The zero-order valence-electron chi connectivity index (χ0n) is 9.38. The predicted molar refractivity (Wildman–Crippen MR) is 68.5 cm³/mol. The van der Waals surface area contributed by atoms with Crippen LogP contribution in [0.2, 0.25) is 0 Å². The van der Waals surface area contributed by atoms with E-state index in [9.17, 15) is 17.6 Å². The van der Waals surface area contributed by atoms with Gasteiger partial charge >= 0.3 is 6.18 Å². The van der Waals surface area contributed by atoms with Gasteiger partial charge in [-0.05, 0) is 24.6 Å². The van der Waals surface area contributed by atoms with Crippen LogP contribution in [-0.2, 0) is 0 Å². The van der Waals surface area contributed by atoms with E-state index >= 15 is 0 Å². The summed E-state index contributed by atoms with van der Waals surface area (Å²) in [4.78, 5) is 0.352. The molecule has 0 aromatic heterocycles. The van der Waals surface area contributed by atoms with Crippen molar-refractivity contribution in [3.63, 3.8) is 0 Å². The molecule has 2 nitrogen and oxygen atoms in total. The Morgan fingerprint density at radius 3 is 2.56 bits per heavy atom. The van der Waals surface area contributed by atoms with Gasteiger partial charge in [0.15, 0.2) is 0 Å². The Bertz CT molecular complexity index is 421. The summed E-state index contributed by atoms with van der Waals surface area (Å²) < 4.78 is 49.8. The number of hydrogen-bond acceptors (Lipinski definition) is 4. The molecule has 0 saturated carbocycles. The van der Waals surface area contributed by atoms with E-state index in [1.807, 2.05) is 0 Å². The standard InChI is InChI=1S/C10H12F4N2S2/c1-5-2-6(11)7(16-9(15)17)3-8(5)18-4-10(12,13)14/h2-3,9,16-17H,4,15H2,1H3. The Morgan fingerprint density at radius 2 is 2.06 bits per heavy atom. The number of rotatable bonds is 4. The summed E-state index contributed by atoms with van der Waals surface area (Å²) in [5.74, 6) is -1.60. The van der Waals surface area contributed by atoms with Crippen LogP contribution in [0.3, 0.4) is 0 Å². The third-order valence-corrected chi connectivity index (χ3v) is 3.31. The first-order valence-electron chi connectivity index (χ1n) is 4.89. The minimum Gasteiger partial charge on any atom is -0.359 e. The van der Waals surface area contributed by atoms with Crippen molar-refractivity contribution in [2.24, 2.45) is 5.73 Å². The van der Waals surface area contributed by atoms with Crippen LogP contribution in [0.25, 0.3) is 0 Å². The quantitative estimate of drug-likeness (QED) is 0.345. The average molecular weight is 300 g/mol. The van der Waals surface area contributed by atoms with Crippen LogP contribution < -0.4 is 11.1 Å². The molecule has 1 atom stereocenters. The fourth-order valence-electron chi connectivity index (χ4n) is 1.24. The molecule has 0 aliphatic carbocycles. The first-order chi connectivity index (χ1) is 8.19. The van der Waals surface area contributed by atoms with Crippen LogP contribution in [0.5, 0.6) is 0 Å². The number of nitrogens with one attached hydrogen (secondary N) is 1. The number of thioether (sulfide) groups is 1. The SMILES string of the molecule is Cc1cc(F)c(NC(N)S)cc1SCC(F)(F)F. The van der Waals surface area contributed by atoms with Crippen molar-refractivity contribution in [2.75, 3.05) is 11.1 Å². The van der Waals surface area contributed by atoms with Gasteiger partial charge < -0.3 is 11.1 Å². The maximum absolute atomic E-state index is 13.5. The molecule has 0 radical (unpaired) electrons. The summed E-state index contributed by atoms with van der Waals surface area (Å²) in [5.41, 5.74) is 5.01. The first-order valence-corrected chi connectivity index (χ1v) is 6.39. The van der Waals surface area contributed by atoms with Gasteiger partial charge in [0.2, 0.25) is 0 Å². The molecule has 0 aliphatic rings. The molecule has 1 rings (SSSR count). The molecule has 102 valence electrons. The van der Waals surface area contributed by atoms with E-state index in [-0.39, 0.29) is 5.69 Å². The molecule has 0 aliphatic heterocycles. The van der Waals surface area contributed by atoms with Crippen molar-refractivity contribution in [3.05, 3.63) is 23.5 Å². The van der Waals surface area contributed by atoms with Gasteiger partial charge in [-0.2, -0.15) is 13.2 Å². The number of hydrogen-bond donors (Lipinski definition) is 3. The molecular formula is C10H12F4N2S2. The highest BCUT2D eigenvalue weighted by Crippen LogP contribution is 2.32. The topological polar surface area (TPSA) is 38.0 Å². The summed E-state index contributed by atoms with van der Waals surface area (Å²) >= 11 is 4.43. The van der Waals surface area contributed by atoms with E-state index in [1.165, 1.54) is 6.07 Å². The number of anilines is 1. The van der Waals surface area contributed by atoms with Crippen LogP contribution in [-0.4, -0.2) is 17.4 Å². The molecule has 8 heteroatoms. The van der Waals surface area contributed by atoms with Gasteiger partial charge in [-0.25, -0.2) is 4.39 Å². The summed E-state index contributed by atoms with van der Waals surface area (Å²) in [5, 5.41) is 2.51. The fourth-order valence-corrected chi connectivity index (χ4v) is 2.18. The van der Waals surface area contributed by atoms with Crippen LogP contribution in [0.1, 0.15) is 5.56 Å². The molecule has 18 heavy (non-hydrogen) atoms. The lowest BCUT2D eigenvalue weighted by atomic mass is 10.2. The number of thiol groups is 1. The molecule has 0 saturated heterocycles. The first kappa shape index (κ1) is 15.5. The average Bonchev–Trinajstić information content (AvgIpc) is 2.18. The Labute approximate surface area is 112 Å². The summed E-state index contributed by atoms with van der Waals surface area (Å²) in [6.07, 6.45) is -4.26. The smallest absolute Gasteiger partial charge is 0.359 e. The lowest BCUT2D eigenvalue weighted by molar-refractivity contribution is -0.105. The maximum Gasteiger partial charge on any atom is 0.398 e. The zero-order chi connectivity index (χ0) is 13.9. The molecule has 1 unspecified atom stereocenters. The Hall–Kier alpha value is -0.600. The van der Waals surface area contributed by atoms with E-state index in [4.69, 9.17) is 5.73 Å². The minimum absolute atomic E-state index is 0.0350. The normalized spacial score (nSPS) is 13.5. The molecule has 0 heterocycles. The van der Waals surface area contributed by atoms with Crippen molar-refractivity contribution in [1.82, 2.24) is 0 Å². The van der Waals surface area contributed by atoms with Crippen LogP contribution in [0.4, 0.5) is 23.2 Å². The zero-order valence-corrected chi connectivity index (χ0v) is 11.1. The van der Waals surface area contributed by atoms with E-state index < -0.39 is 23.2 Å². The van der Waals surface area contributed by atoms with Crippen molar-refractivity contribution in [1.29, 1.82) is 0 Å². The number of alkyl halides is 3. The number of aryl methyl sites for hydroxylation is 1. The highest BCUT2D eigenvalue weighted by atomic mass is 32.2. The Kier molecular flexibility index (Phi) is 5.18. The molecule has 0 spiro atoms. The van der Waals surface area contributed by atoms with E-state index in [0.29, 0.717) is 22.2 Å². The van der Waals surface area contributed by atoms with E-state index in [0.717, 1.165) is 6.07 Å². The van der Waals surface area contributed by atoms with Crippen LogP contribution in [0, 0.1) is 12.7 Å². The third kappa shape index (κ3) is 4.95. The van der Waals surface area contributed by atoms with Crippen LogP contribution in [0.15, 0.2) is 17.0 Å². The maximum atomic E-state index is 13.5. The molecule has 0 bridgehead atoms. The third-order valence-electron chi connectivity index (χ3n) is 1.96. The summed E-state index contributed by atoms with van der Waals surface area (Å²) in [6, 6.07) is 2.47.